The molecule has 0 aliphatic heterocycles. The van der Waals surface area contributed by atoms with Crippen LogP contribution < -0.4 is 0 Å². The summed E-state index contributed by atoms with van der Waals surface area (Å²) in [4.78, 5) is 3.92. The molecular weight excluding hydrogens is 382 g/mol. The third kappa shape index (κ3) is 3.71. The highest BCUT2D eigenvalue weighted by Gasteiger charge is 2.54. The van der Waals surface area contributed by atoms with Gasteiger partial charge < -0.3 is 5.11 Å². The maximum Gasteiger partial charge on any atom is 0.416 e. The smallest absolute Gasteiger partial charge is 0.387 e. The van der Waals surface area contributed by atoms with Crippen LogP contribution in [0.25, 0.3) is 0 Å². The van der Waals surface area contributed by atoms with Crippen molar-refractivity contribution in [1.29, 1.82) is 0 Å². The van der Waals surface area contributed by atoms with Crippen LogP contribution >= 0.6 is 12.6 Å². The second kappa shape index (κ2) is 6.77. The summed E-state index contributed by atoms with van der Waals surface area (Å²) in [5.74, 6) is -1.38. The van der Waals surface area contributed by atoms with Gasteiger partial charge in [0.1, 0.15) is 12.1 Å². The molecule has 1 aliphatic rings. The van der Waals surface area contributed by atoms with E-state index in [4.69, 9.17) is 0 Å². The average molecular weight is 403 g/mol. The molecule has 3 rings (SSSR count). The number of alkyl halides is 3. The predicted molar refractivity (Wildman–Crippen MR) is 93.8 cm³/mol. The molecule has 9 heteroatoms. The Morgan fingerprint density at radius 2 is 2.04 bits per heavy atom. The molecule has 1 heterocycles. The van der Waals surface area contributed by atoms with E-state index in [9.17, 15) is 22.7 Å². The van der Waals surface area contributed by atoms with Crippen LogP contribution in [0.2, 0.25) is 0 Å². The SMILES string of the molecule is CC1(C)CCC(Cc2ccc(F)cc2C(F)(F)F)C1(O)Cn1ncnc1S. The van der Waals surface area contributed by atoms with Gasteiger partial charge in [-0.05, 0) is 48.3 Å². The minimum atomic E-state index is -4.66. The van der Waals surface area contributed by atoms with E-state index in [-0.39, 0.29) is 18.5 Å². The van der Waals surface area contributed by atoms with E-state index < -0.39 is 34.5 Å². The molecule has 2 unspecified atom stereocenters. The lowest BCUT2D eigenvalue weighted by Gasteiger charge is -2.41. The lowest BCUT2D eigenvalue weighted by Crippen LogP contribution is -2.49. The Balaban J connectivity index is 1.96. The molecule has 1 aromatic carbocycles. The molecule has 0 radical (unpaired) electrons. The van der Waals surface area contributed by atoms with E-state index in [0.717, 1.165) is 12.1 Å². The number of thiol groups is 1. The number of aliphatic hydroxyl groups is 1. The molecular formula is C18H21F4N3OS. The van der Waals surface area contributed by atoms with E-state index in [1.807, 2.05) is 13.8 Å². The van der Waals surface area contributed by atoms with E-state index in [1.54, 1.807) is 0 Å². The normalized spacial score (nSPS) is 25.1. The number of hydrogen-bond acceptors (Lipinski definition) is 4. The molecule has 1 aromatic heterocycles. The molecule has 0 bridgehead atoms. The van der Waals surface area contributed by atoms with Crippen LogP contribution in [-0.2, 0) is 19.1 Å². The predicted octanol–water partition coefficient (Wildman–Crippen LogP) is 4.13. The second-order valence-electron chi connectivity index (χ2n) is 7.76. The summed E-state index contributed by atoms with van der Waals surface area (Å²) in [6.45, 7) is 3.85. The number of halogens is 4. The summed E-state index contributed by atoms with van der Waals surface area (Å²) < 4.78 is 54.9. The third-order valence-electron chi connectivity index (χ3n) is 5.79. The van der Waals surface area contributed by atoms with E-state index in [2.05, 4.69) is 22.7 Å². The molecule has 2 aromatic rings. The molecule has 148 valence electrons. The Morgan fingerprint density at radius 1 is 1.33 bits per heavy atom. The van der Waals surface area contributed by atoms with E-state index in [0.29, 0.717) is 24.1 Å². The third-order valence-corrected chi connectivity index (χ3v) is 6.14. The molecule has 1 saturated carbocycles. The first kappa shape index (κ1) is 20.1. The van der Waals surface area contributed by atoms with Crippen molar-refractivity contribution < 1.29 is 22.7 Å². The molecule has 4 nitrogen and oxygen atoms in total. The van der Waals surface area contributed by atoms with E-state index in [1.165, 1.54) is 11.0 Å². The topological polar surface area (TPSA) is 50.9 Å². The maximum absolute atomic E-state index is 13.4. The van der Waals surface area contributed by atoms with Gasteiger partial charge >= 0.3 is 6.18 Å². The highest BCUT2D eigenvalue weighted by molar-refractivity contribution is 7.80. The van der Waals surface area contributed by atoms with Crippen molar-refractivity contribution in [2.24, 2.45) is 11.3 Å². The zero-order valence-corrected chi connectivity index (χ0v) is 15.9. The summed E-state index contributed by atoms with van der Waals surface area (Å²) in [6, 6.07) is 2.69. The van der Waals surface area contributed by atoms with Crippen LogP contribution in [-0.4, -0.2) is 25.5 Å². The van der Waals surface area contributed by atoms with Gasteiger partial charge in [-0.1, -0.05) is 19.9 Å². The van der Waals surface area contributed by atoms with Gasteiger partial charge in [-0.15, -0.1) is 12.6 Å². The van der Waals surface area contributed by atoms with Gasteiger partial charge in [0, 0.05) is 0 Å². The van der Waals surface area contributed by atoms with Crippen LogP contribution in [0.5, 0.6) is 0 Å². The minimum absolute atomic E-state index is 0.00828. The van der Waals surface area contributed by atoms with Crippen LogP contribution in [0.4, 0.5) is 17.6 Å². The van der Waals surface area contributed by atoms with Crippen LogP contribution in [0, 0.1) is 17.2 Å². The summed E-state index contributed by atoms with van der Waals surface area (Å²) in [7, 11) is 0. The van der Waals surface area contributed by atoms with Crippen LogP contribution in [0.3, 0.4) is 0 Å². The fourth-order valence-corrected chi connectivity index (χ4v) is 4.18. The Labute approximate surface area is 160 Å². The monoisotopic (exact) mass is 403 g/mol. The molecule has 1 fully saturated rings. The van der Waals surface area contributed by atoms with Crippen molar-refractivity contribution >= 4 is 12.6 Å². The fraction of sp³-hybridized carbons (Fsp3) is 0.556. The zero-order valence-electron chi connectivity index (χ0n) is 15.0. The summed E-state index contributed by atoms with van der Waals surface area (Å²) >= 11 is 4.20. The molecule has 0 spiro atoms. The van der Waals surface area contributed by atoms with Gasteiger partial charge in [-0.3, -0.25) is 0 Å². The first-order valence-electron chi connectivity index (χ1n) is 8.59. The van der Waals surface area contributed by atoms with Crippen molar-refractivity contribution in [1.82, 2.24) is 14.8 Å². The van der Waals surface area contributed by atoms with Gasteiger partial charge in [-0.2, -0.15) is 18.3 Å². The van der Waals surface area contributed by atoms with E-state index >= 15 is 0 Å². The van der Waals surface area contributed by atoms with Crippen molar-refractivity contribution in [3.8, 4) is 0 Å². The maximum atomic E-state index is 13.4. The quantitative estimate of drug-likeness (QED) is 0.596. The summed E-state index contributed by atoms with van der Waals surface area (Å²) in [5, 5.41) is 15.9. The molecule has 0 amide bonds. The molecule has 1 N–H and O–H groups in total. The Bertz CT molecular complexity index is 836. The Kier molecular flexibility index (Phi) is 5.05. The highest BCUT2D eigenvalue weighted by Crippen LogP contribution is 2.52. The van der Waals surface area contributed by atoms with Gasteiger partial charge in [0.15, 0.2) is 5.16 Å². The zero-order chi connectivity index (χ0) is 20.0. The minimum Gasteiger partial charge on any atom is -0.387 e. The van der Waals surface area contributed by atoms with Crippen molar-refractivity contribution in [3.05, 3.63) is 41.5 Å². The Morgan fingerprint density at radius 3 is 2.63 bits per heavy atom. The lowest BCUT2D eigenvalue weighted by molar-refractivity contribution is -0.139. The number of benzene rings is 1. The first-order chi connectivity index (χ1) is 12.4. The number of hydrogen-bond donors (Lipinski definition) is 2. The molecule has 1 aliphatic carbocycles. The van der Waals surface area contributed by atoms with Crippen LogP contribution in [0.1, 0.15) is 37.8 Å². The lowest BCUT2D eigenvalue weighted by atomic mass is 9.72. The summed E-state index contributed by atoms with van der Waals surface area (Å²) in [5.41, 5.74) is -2.86. The van der Waals surface area contributed by atoms with Crippen molar-refractivity contribution in [2.45, 2.75) is 56.6 Å². The van der Waals surface area contributed by atoms with Gasteiger partial charge in [-0.25, -0.2) is 14.1 Å². The average Bonchev–Trinajstić information content (AvgIpc) is 3.04. The molecule has 27 heavy (non-hydrogen) atoms. The summed E-state index contributed by atoms with van der Waals surface area (Å²) in [6.07, 6.45) is -2.16. The molecule has 0 saturated heterocycles. The largest absolute Gasteiger partial charge is 0.416 e. The Hall–Kier alpha value is -1.61. The van der Waals surface area contributed by atoms with Crippen molar-refractivity contribution in [2.75, 3.05) is 0 Å². The highest BCUT2D eigenvalue weighted by atomic mass is 32.1. The van der Waals surface area contributed by atoms with Crippen molar-refractivity contribution in [3.63, 3.8) is 0 Å². The molecule has 2 atom stereocenters. The fourth-order valence-electron chi connectivity index (χ4n) is 4.01. The number of rotatable bonds is 4. The van der Waals surface area contributed by atoms with Gasteiger partial charge in [0.2, 0.25) is 0 Å². The number of aromatic nitrogens is 3. The van der Waals surface area contributed by atoms with Gasteiger partial charge in [0.05, 0.1) is 17.7 Å². The second-order valence-corrected chi connectivity index (χ2v) is 8.16. The van der Waals surface area contributed by atoms with Gasteiger partial charge in [0.25, 0.3) is 0 Å². The van der Waals surface area contributed by atoms with Crippen LogP contribution in [0.15, 0.2) is 29.7 Å². The number of nitrogens with zero attached hydrogens (tertiary/aromatic N) is 3. The first-order valence-corrected chi connectivity index (χ1v) is 9.03. The standard InChI is InChI=1S/C18H21F4N3OS/c1-16(2)6-5-12(17(16,26)9-25-15(27)23-10-24-25)7-11-3-4-13(19)8-14(11)18(20,21)22/h3-4,8,10,12,26H,5-7,9H2,1-2H3,(H,23,24,27).